The zero-order valence-electron chi connectivity index (χ0n) is 10.8. The van der Waals surface area contributed by atoms with E-state index in [1.54, 1.807) is 6.92 Å². The first-order chi connectivity index (χ1) is 8.01. The van der Waals surface area contributed by atoms with Crippen molar-refractivity contribution in [2.45, 2.75) is 37.7 Å². The van der Waals surface area contributed by atoms with Crippen LogP contribution < -0.4 is 0 Å². The molecule has 2 unspecified atom stereocenters. The standard InChI is InChI=1S/C12H21NO3S/c1-4-16-12(15)5-11(14)8-13-6-9(2)17-10(3)7-13/h9-10H,4-8H2,1-3H3. The van der Waals surface area contributed by atoms with Gasteiger partial charge in [-0.25, -0.2) is 0 Å². The summed E-state index contributed by atoms with van der Waals surface area (Å²) in [6, 6.07) is 0. The minimum atomic E-state index is -0.412. The second-order valence-electron chi connectivity index (χ2n) is 4.47. The predicted molar refractivity (Wildman–Crippen MR) is 69.2 cm³/mol. The zero-order chi connectivity index (χ0) is 12.8. The summed E-state index contributed by atoms with van der Waals surface area (Å²) in [5.41, 5.74) is 0. The summed E-state index contributed by atoms with van der Waals surface area (Å²) in [4.78, 5) is 25.0. The Morgan fingerprint density at radius 2 is 1.88 bits per heavy atom. The Bertz CT molecular complexity index is 273. The summed E-state index contributed by atoms with van der Waals surface area (Å²) < 4.78 is 4.76. The van der Waals surface area contributed by atoms with E-state index in [4.69, 9.17) is 4.74 Å². The third kappa shape index (κ3) is 5.55. The molecule has 0 N–H and O–H groups in total. The van der Waals surface area contributed by atoms with Crippen molar-refractivity contribution in [2.75, 3.05) is 26.2 Å². The highest BCUT2D eigenvalue weighted by atomic mass is 32.2. The fourth-order valence-corrected chi connectivity index (χ4v) is 3.48. The molecule has 0 bridgehead atoms. The van der Waals surface area contributed by atoms with E-state index in [-0.39, 0.29) is 12.2 Å². The van der Waals surface area contributed by atoms with Crippen LogP contribution in [0.1, 0.15) is 27.2 Å². The second-order valence-corrected chi connectivity index (χ2v) is 6.35. The molecule has 1 saturated heterocycles. The maximum Gasteiger partial charge on any atom is 0.313 e. The highest BCUT2D eigenvalue weighted by molar-refractivity contribution is 8.00. The topological polar surface area (TPSA) is 46.6 Å². The predicted octanol–water partition coefficient (Wildman–Crippen LogP) is 1.33. The lowest BCUT2D eigenvalue weighted by molar-refractivity contribution is -0.145. The first-order valence-corrected chi connectivity index (χ1v) is 7.00. The van der Waals surface area contributed by atoms with E-state index < -0.39 is 5.97 Å². The SMILES string of the molecule is CCOC(=O)CC(=O)CN1CC(C)SC(C)C1. The first kappa shape index (κ1) is 14.5. The first-order valence-electron chi connectivity index (χ1n) is 6.06. The average Bonchev–Trinajstić information content (AvgIpc) is 2.14. The van der Waals surface area contributed by atoms with Crippen LogP contribution in [0, 0.1) is 0 Å². The molecule has 98 valence electrons. The molecule has 17 heavy (non-hydrogen) atoms. The van der Waals surface area contributed by atoms with Gasteiger partial charge in [0, 0.05) is 23.6 Å². The summed E-state index contributed by atoms with van der Waals surface area (Å²) in [5.74, 6) is -0.459. The second kappa shape index (κ2) is 7.01. The van der Waals surface area contributed by atoms with Gasteiger partial charge in [-0.3, -0.25) is 14.5 Å². The zero-order valence-corrected chi connectivity index (χ0v) is 11.6. The number of esters is 1. The van der Waals surface area contributed by atoms with E-state index in [2.05, 4.69) is 18.7 Å². The molecule has 0 amide bonds. The van der Waals surface area contributed by atoms with Gasteiger partial charge in [-0.15, -0.1) is 0 Å². The normalized spacial score (nSPS) is 25.6. The quantitative estimate of drug-likeness (QED) is 0.551. The lowest BCUT2D eigenvalue weighted by Gasteiger charge is -2.33. The van der Waals surface area contributed by atoms with Crippen LogP contribution in [-0.4, -0.2) is 53.4 Å². The van der Waals surface area contributed by atoms with Crippen molar-refractivity contribution < 1.29 is 14.3 Å². The van der Waals surface area contributed by atoms with E-state index >= 15 is 0 Å². The highest BCUT2D eigenvalue weighted by Gasteiger charge is 2.24. The summed E-state index contributed by atoms with van der Waals surface area (Å²) in [5, 5.41) is 1.10. The summed E-state index contributed by atoms with van der Waals surface area (Å²) in [6.45, 7) is 8.63. The van der Waals surface area contributed by atoms with Crippen molar-refractivity contribution in [3.05, 3.63) is 0 Å². The van der Waals surface area contributed by atoms with Crippen molar-refractivity contribution >= 4 is 23.5 Å². The van der Waals surface area contributed by atoms with Crippen molar-refractivity contribution in [3.63, 3.8) is 0 Å². The number of rotatable bonds is 5. The number of ketones is 1. The van der Waals surface area contributed by atoms with Crippen LogP contribution in [0.5, 0.6) is 0 Å². The van der Waals surface area contributed by atoms with Gasteiger partial charge in [-0.2, -0.15) is 11.8 Å². The monoisotopic (exact) mass is 259 g/mol. The molecule has 4 nitrogen and oxygen atoms in total. The van der Waals surface area contributed by atoms with Crippen LogP contribution in [0.3, 0.4) is 0 Å². The Labute approximate surface area is 107 Å². The molecule has 0 saturated carbocycles. The van der Waals surface area contributed by atoms with Gasteiger partial charge in [0.1, 0.15) is 6.42 Å². The molecular formula is C12H21NO3S. The molecule has 0 aromatic heterocycles. The minimum absolute atomic E-state index is 0.0465. The fourth-order valence-electron chi connectivity index (χ4n) is 2.09. The number of nitrogens with zero attached hydrogens (tertiary/aromatic N) is 1. The van der Waals surface area contributed by atoms with Gasteiger partial charge in [0.2, 0.25) is 0 Å². The fraction of sp³-hybridized carbons (Fsp3) is 0.833. The van der Waals surface area contributed by atoms with Gasteiger partial charge >= 0.3 is 5.97 Å². The molecule has 1 aliphatic heterocycles. The van der Waals surface area contributed by atoms with Crippen LogP contribution in [0.25, 0.3) is 0 Å². The van der Waals surface area contributed by atoms with Crippen LogP contribution in [0.2, 0.25) is 0 Å². The maximum atomic E-state index is 11.7. The van der Waals surface area contributed by atoms with E-state index in [9.17, 15) is 9.59 Å². The van der Waals surface area contributed by atoms with Crippen LogP contribution in [0.15, 0.2) is 0 Å². The summed E-state index contributed by atoms with van der Waals surface area (Å²) in [7, 11) is 0. The number of carbonyl (C=O) groups excluding carboxylic acids is 2. The van der Waals surface area contributed by atoms with Crippen molar-refractivity contribution in [3.8, 4) is 0 Å². The Morgan fingerprint density at radius 3 is 2.41 bits per heavy atom. The van der Waals surface area contributed by atoms with E-state index in [1.165, 1.54) is 0 Å². The van der Waals surface area contributed by atoms with Crippen LogP contribution in [0.4, 0.5) is 0 Å². The molecule has 0 aromatic rings. The Balaban J connectivity index is 2.32. The third-order valence-corrected chi connectivity index (χ3v) is 3.77. The Morgan fingerprint density at radius 1 is 1.29 bits per heavy atom. The number of hydrogen-bond donors (Lipinski definition) is 0. The van der Waals surface area contributed by atoms with Gasteiger partial charge in [0.15, 0.2) is 5.78 Å². The smallest absolute Gasteiger partial charge is 0.313 e. The summed E-state index contributed by atoms with van der Waals surface area (Å²) >= 11 is 1.95. The molecule has 2 atom stereocenters. The molecule has 0 spiro atoms. The van der Waals surface area contributed by atoms with Crippen LogP contribution >= 0.6 is 11.8 Å². The maximum absolute atomic E-state index is 11.7. The van der Waals surface area contributed by atoms with Gasteiger partial charge < -0.3 is 4.74 Å². The van der Waals surface area contributed by atoms with Crippen molar-refractivity contribution in [1.82, 2.24) is 4.90 Å². The number of carbonyl (C=O) groups is 2. The number of Topliss-reactive ketones (excluding diaryl/α,β-unsaturated/α-hetero) is 1. The van der Waals surface area contributed by atoms with Gasteiger partial charge in [0.05, 0.1) is 13.2 Å². The molecule has 0 radical (unpaired) electrons. The van der Waals surface area contributed by atoms with Gasteiger partial charge in [-0.05, 0) is 6.92 Å². The lowest BCUT2D eigenvalue weighted by Crippen LogP contribution is -2.43. The van der Waals surface area contributed by atoms with Gasteiger partial charge in [-0.1, -0.05) is 13.8 Å². The summed E-state index contributed by atoms with van der Waals surface area (Å²) in [6.07, 6.45) is -0.0970. The van der Waals surface area contributed by atoms with E-state index in [0.29, 0.717) is 23.7 Å². The average molecular weight is 259 g/mol. The number of thioether (sulfide) groups is 1. The Hall–Kier alpha value is -0.550. The number of hydrogen-bond acceptors (Lipinski definition) is 5. The van der Waals surface area contributed by atoms with E-state index in [1.807, 2.05) is 11.8 Å². The van der Waals surface area contributed by atoms with Gasteiger partial charge in [0.25, 0.3) is 0 Å². The molecule has 0 aliphatic carbocycles. The molecule has 1 fully saturated rings. The number of ether oxygens (including phenoxy) is 1. The van der Waals surface area contributed by atoms with E-state index in [0.717, 1.165) is 13.1 Å². The Kier molecular flexibility index (Phi) is 5.98. The third-order valence-electron chi connectivity index (χ3n) is 2.54. The van der Waals surface area contributed by atoms with Crippen LogP contribution in [-0.2, 0) is 14.3 Å². The molecule has 1 heterocycles. The lowest BCUT2D eigenvalue weighted by atomic mass is 10.2. The largest absolute Gasteiger partial charge is 0.466 e. The highest BCUT2D eigenvalue weighted by Crippen LogP contribution is 2.24. The molecular weight excluding hydrogens is 238 g/mol. The van der Waals surface area contributed by atoms with Crippen molar-refractivity contribution in [1.29, 1.82) is 0 Å². The molecule has 1 aliphatic rings. The molecule has 5 heteroatoms. The molecule has 0 aromatic carbocycles. The van der Waals surface area contributed by atoms with Crippen molar-refractivity contribution in [2.24, 2.45) is 0 Å². The minimum Gasteiger partial charge on any atom is -0.466 e. The molecule has 1 rings (SSSR count).